The average Bonchev–Trinajstić information content (AvgIpc) is 2.75. The van der Waals surface area contributed by atoms with E-state index in [2.05, 4.69) is 17.6 Å². The number of nitrogens with one attached hydrogen (secondary N) is 2. The Hall–Kier alpha value is -2.74. The van der Waals surface area contributed by atoms with E-state index in [9.17, 15) is 9.90 Å². The van der Waals surface area contributed by atoms with Crippen LogP contribution in [0, 0.1) is 27.7 Å². The van der Waals surface area contributed by atoms with Crippen molar-refractivity contribution in [3.63, 3.8) is 0 Å². The fraction of sp³-hybridized carbons (Fsp3) is 0.462. The van der Waals surface area contributed by atoms with Crippen LogP contribution in [-0.4, -0.2) is 42.9 Å². The number of hydrogen-bond donors (Lipinski definition) is 3. The number of carbonyl (C=O) groups excluding carboxylic acids is 1. The predicted molar refractivity (Wildman–Crippen MR) is 129 cm³/mol. The molecular weight excluding hydrogens is 418 g/mol. The first-order valence-corrected chi connectivity index (χ1v) is 11.5. The Kier molecular flexibility index (Phi) is 8.24. The number of benzene rings is 2. The highest BCUT2D eigenvalue weighted by Gasteiger charge is 2.41. The quantitative estimate of drug-likeness (QED) is 0.475. The van der Waals surface area contributed by atoms with Gasteiger partial charge in [-0.1, -0.05) is 60.9 Å². The van der Waals surface area contributed by atoms with Gasteiger partial charge in [0.1, 0.15) is 11.9 Å². The lowest BCUT2D eigenvalue weighted by Crippen LogP contribution is -2.58. The van der Waals surface area contributed by atoms with Crippen LogP contribution in [0.5, 0.6) is 0 Å². The molecular formula is C26H35N3O4. The summed E-state index contributed by atoms with van der Waals surface area (Å²) in [5.74, 6) is -1.05. The highest BCUT2D eigenvalue weighted by Crippen LogP contribution is 2.31. The summed E-state index contributed by atoms with van der Waals surface area (Å²) in [6, 6.07) is 11.4. The van der Waals surface area contributed by atoms with Gasteiger partial charge in [-0.15, -0.1) is 0 Å². The second kappa shape index (κ2) is 10.9. The monoisotopic (exact) mass is 453 g/mol. The largest absolute Gasteiger partial charge is 0.388 e. The third-order valence-corrected chi connectivity index (χ3v) is 5.61. The number of urea groups is 1. The first-order valence-electron chi connectivity index (χ1n) is 11.5. The number of carbonyl (C=O) groups is 1. The van der Waals surface area contributed by atoms with Gasteiger partial charge in [0.25, 0.3) is 5.85 Å². The molecule has 7 nitrogen and oxygen atoms in total. The van der Waals surface area contributed by atoms with Crippen LogP contribution in [0.1, 0.15) is 53.1 Å². The molecule has 2 aromatic rings. The molecule has 2 unspecified atom stereocenters. The van der Waals surface area contributed by atoms with Gasteiger partial charge in [-0.2, -0.15) is 0 Å². The highest BCUT2D eigenvalue weighted by molar-refractivity contribution is 6.10. The van der Waals surface area contributed by atoms with Crippen molar-refractivity contribution in [1.29, 1.82) is 0 Å². The molecule has 1 heterocycles. The topological polar surface area (TPSA) is 92.2 Å². The molecule has 0 fully saturated rings. The van der Waals surface area contributed by atoms with Crippen molar-refractivity contribution in [1.82, 2.24) is 10.6 Å². The summed E-state index contributed by atoms with van der Waals surface area (Å²) in [4.78, 5) is 17.7. The third-order valence-electron chi connectivity index (χ3n) is 5.61. The number of nitrogens with zero attached hydrogens (tertiary/aromatic N) is 1. The molecule has 2 aromatic carbocycles. The zero-order valence-corrected chi connectivity index (χ0v) is 20.2. The van der Waals surface area contributed by atoms with E-state index < -0.39 is 18.0 Å². The molecule has 2 amide bonds. The molecule has 178 valence electrons. The number of aliphatic imine (C=N–C) groups is 1. The van der Waals surface area contributed by atoms with Crippen molar-refractivity contribution in [2.75, 3.05) is 19.8 Å². The van der Waals surface area contributed by atoms with Crippen molar-refractivity contribution < 1.29 is 19.4 Å². The van der Waals surface area contributed by atoms with E-state index in [-0.39, 0.29) is 13.2 Å². The second-order valence-electron chi connectivity index (χ2n) is 8.71. The molecule has 3 N–H and O–H groups in total. The number of aliphatic hydroxyl groups excluding tert-OH is 1. The average molecular weight is 454 g/mol. The van der Waals surface area contributed by atoms with Crippen molar-refractivity contribution in [2.45, 2.75) is 59.4 Å². The van der Waals surface area contributed by atoms with Gasteiger partial charge in [0.15, 0.2) is 0 Å². The molecule has 3 rings (SSSR count). The summed E-state index contributed by atoms with van der Waals surface area (Å²) in [6.07, 6.45) is 1.11. The minimum Gasteiger partial charge on any atom is -0.388 e. The van der Waals surface area contributed by atoms with Crippen molar-refractivity contribution >= 4 is 11.9 Å². The fourth-order valence-corrected chi connectivity index (χ4v) is 3.91. The highest BCUT2D eigenvalue weighted by atomic mass is 16.5. The Balaban J connectivity index is 1.97. The van der Waals surface area contributed by atoms with E-state index in [4.69, 9.17) is 14.5 Å². The lowest BCUT2D eigenvalue weighted by atomic mass is 9.99. The summed E-state index contributed by atoms with van der Waals surface area (Å²) >= 11 is 0. The summed E-state index contributed by atoms with van der Waals surface area (Å²) < 4.78 is 11.7. The Labute approximate surface area is 196 Å². The van der Waals surface area contributed by atoms with Crippen LogP contribution in [0.15, 0.2) is 41.4 Å². The smallest absolute Gasteiger partial charge is 0.324 e. The SMILES string of the molecule is CCCCOCC(O)COC1(c2ccc(C)cc2C)N=C(c2ccc(C)cc2C)NC(=O)N1. The Morgan fingerprint density at radius 1 is 1.03 bits per heavy atom. The molecule has 1 aliphatic rings. The lowest BCUT2D eigenvalue weighted by molar-refractivity contribution is -0.108. The Morgan fingerprint density at radius 2 is 1.73 bits per heavy atom. The molecule has 1 aliphatic heterocycles. The van der Waals surface area contributed by atoms with Gasteiger partial charge < -0.3 is 14.6 Å². The summed E-state index contributed by atoms with van der Waals surface area (Å²) in [6.45, 7) is 10.7. The maximum atomic E-state index is 12.8. The minimum atomic E-state index is -1.48. The van der Waals surface area contributed by atoms with E-state index >= 15 is 0 Å². The molecule has 2 atom stereocenters. The number of aliphatic hydroxyl groups is 1. The third kappa shape index (κ3) is 6.19. The zero-order valence-electron chi connectivity index (χ0n) is 20.2. The normalized spacial score (nSPS) is 19.0. The number of hydrogen-bond acceptors (Lipinski definition) is 5. The van der Waals surface area contributed by atoms with E-state index in [0.717, 1.165) is 40.7 Å². The van der Waals surface area contributed by atoms with Crippen LogP contribution >= 0.6 is 0 Å². The molecule has 0 saturated heterocycles. The van der Waals surface area contributed by atoms with Crippen LogP contribution in [-0.2, 0) is 15.3 Å². The molecule has 7 heteroatoms. The van der Waals surface area contributed by atoms with Gasteiger partial charge in [-0.05, 0) is 45.2 Å². The lowest BCUT2D eigenvalue weighted by Gasteiger charge is -2.37. The maximum Gasteiger partial charge on any atom is 0.324 e. The number of amidine groups is 1. The first-order chi connectivity index (χ1) is 15.7. The van der Waals surface area contributed by atoms with Crippen LogP contribution in [0.25, 0.3) is 0 Å². The Morgan fingerprint density at radius 3 is 2.39 bits per heavy atom. The predicted octanol–water partition coefficient (Wildman–Crippen LogP) is 3.98. The van der Waals surface area contributed by atoms with Gasteiger partial charge >= 0.3 is 6.03 Å². The van der Waals surface area contributed by atoms with Crippen molar-refractivity contribution in [3.8, 4) is 0 Å². The Bertz CT molecular complexity index is 1020. The van der Waals surface area contributed by atoms with Crippen LogP contribution in [0.4, 0.5) is 4.79 Å². The van der Waals surface area contributed by atoms with E-state index in [1.54, 1.807) is 0 Å². The molecule has 0 bridgehead atoms. The van der Waals surface area contributed by atoms with Crippen molar-refractivity contribution in [2.24, 2.45) is 4.99 Å². The number of unbranched alkanes of at least 4 members (excludes halogenated alkanes) is 1. The number of rotatable bonds is 10. The van der Waals surface area contributed by atoms with E-state index in [1.165, 1.54) is 0 Å². The first kappa shape index (κ1) is 24.9. The van der Waals surface area contributed by atoms with E-state index in [1.807, 2.05) is 64.1 Å². The molecule has 0 spiro atoms. The van der Waals surface area contributed by atoms with Crippen LogP contribution in [0.2, 0.25) is 0 Å². The fourth-order valence-electron chi connectivity index (χ4n) is 3.91. The second-order valence-corrected chi connectivity index (χ2v) is 8.71. The standard InChI is InChI=1S/C26H35N3O4/c1-6-7-12-32-15-21(30)16-33-26(23-11-9-18(3)14-20(23)5)28-24(27-25(31)29-26)22-10-8-17(2)13-19(22)4/h8-11,13-14,21,30H,6-7,12,15-16H2,1-5H3,(H2,27,28,29,31). The summed E-state index contributed by atoms with van der Waals surface area (Å²) in [5, 5.41) is 16.1. The molecule has 0 aliphatic carbocycles. The van der Waals surface area contributed by atoms with Gasteiger partial charge in [0.05, 0.1) is 13.2 Å². The number of ether oxygens (including phenoxy) is 2. The van der Waals surface area contributed by atoms with Crippen LogP contribution < -0.4 is 10.6 Å². The van der Waals surface area contributed by atoms with Crippen LogP contribution in [0.3, 0.4) is 0 Å². The van der Waals surface area contributed by atoms with Gasteiger partial charge in [-0.25, -0.2) is 9.79 Å². The molecule has 0 saturated carbocycles. The van der Waals surface area contributed by atoms with Gasteiger partial charge in [-0.3, -0.25) is 10.6 Å². The number of aryl methyl sites for hydroxylation is 4. The van der Waals surface area contributed by atoms with E-state index in [0.29, 0.717) is 18.0 Å². The molecule has 0 aromatic heterocycles. The maximum absolute atomic E-state index is 12.8. The molecule has 0 radical (unpaired) electrons. The van der Waals surface area contributed by atoms with Gasteiger partial charge in [0, 0.05) is 17.7 Å². The summed E-state index contributed by atoms with van der Waals surface area (Å²) in [5.41, 5.74) is 5.67. The van der Waals surface area contributed by atoms with Gasteiger partial charge in [0.2, 0.25) is 0 Å². The molecule has 33 heavy (non-hydrogen) atoms. The summed E-state index contributed by atoms with van der Waals surface area (Å²) in [7, 11) is 0. The minimum absolute atomic E-state index is 0.0522. The number of amides is 2. The van der Waals surface area contributed by atoms with Crippen molar-refractivity contribution in [3.05, 3.63) is 69.8 Å². The zero-order chi connectivity index (χ0) is 24.0.